The Hall–Kier alpha value is -3.61. The first-order chi connectivity index (χ1) is 19.9. The van der Waals surface area contributed by atoms with E-state index in [4.69, 9.17) is 4.52 Å². The molecular formula is C34H45N4O3+. The molecule has 41 heavy (non-hydrogen) atoms. The van der Waals surface area contributed by atoms with Crippen LogP contribution >= 0.6 is 0 Å². The van der Waals surface area contributed by atoms with Crippen molar-refractivity contribution in [3.63, 3.8) is 0 Å². The molecule has 1 fully saturated rings. The molecule has 0 saturated carbocycles. The number of hydrogen-bond donors (Lipinski definition) is 0. The van der Waals surface area contributed by atoms with E-state index >= 15 is 0 Å². The molecule has 1 amide bonds. The van der Waals surface area contributed by atoms with Gasteiger partial charge in [-0.1, -0.05) is 62.0 Å². The van der Waals surface area contributed by atoms with Gasteiger partial charge in [-0.25, -0.2) is 0 Å². The van der Waals surface area contributed by atoms with Crippen molar-refractivity contribution in [2.24, 2.45) is 11.8 Å². The summed E-state index contributed by atoms with van der Waals surface area (Å²) in [6.07, 6.45) is 15.8. The van der Waals surface area contributed by atoms with E-state index in [0.717, 1.165) is 76.2 Å². The monoisotopic (exact) mass is 557 g/mol. The molecule has 3 aliphatic rings. The summed E-state index contributed by atoms with van der Waals surface area (Å²) < 4.78 is 10.1. The molecular weight excluding hydrogens is 512 g/mol. The van der Waals surface area contributed by atoms with Gasteiger partial charge in [-0.2, -0.15) is 4.98 Å². The molecule has 1 N–H and O–H groups in total. The number of fused-ring (bicyclic) bond motifs is 1. The quantitative estimate of drug-likeness (QED) is 0.202. The number of ether oxygens (including phenoxy) is 1. The van der Waals surface area contributed by atoms with Crippen LogP contribution in [0.2, 0.25) is 0 Å². The Morgan fingerprint density at radius 2 is 1.98 bits per heavy atom. The normalized spacial score (nSPS) is 22.1. The highest BCUT2D eigenvalue weighted by atomic mass is 16.5. The molecule has 2 aliphatic heterocycles. The van der Waals surface area contributed by atoms with Crippen molar-refractivity contribution < 1.29 is 14.1 Å². The van der Waals surface area contributed by atoms with Crippen LogP contribution in [0.5, 0.6) is 0 Å². The molecule has 7 nitrogen and oxygen atoms in total. The molecule has 0 radical (unpaired) electrons. The lowest BCUT2D eigenvalue weighted by Gasteiger charge is -2.38. The molecule has 1 saturated heterocycles. The number of aromatic nitrogens is 2. The lowest BCUT2D eigenvalue weighted by atomic mass is 9.84. The molecule has 5 rings (SSSR count). The average Bonchev–Trinajstić information content (AvgIpc) is 3.51. The van der Waals surface area contributed by atoms with Crippen LogP contribution in [-0.2, 0) is 11.2 Å². The maximum atomic E-state index is 13.4. The summed E-state index contributed by atoms with van der Waals surface area (Å²) >= 11 is 0. The zero-order chi connectivity index (χ0) is 28.8. The van der Waals surface area contributed by atoms with Crippen LogP contribution in [0.1, 0.15) is 81.8 Å². The molecule has 2 atom stereocenters. The number of benzene rings is 1. The van der Waals surface area contributed by atoms with Gasteiger partial charge >= 0.3 is 6.01 Å². The van der Waals surface area contributed by atoms with E-state index in [1.54, 1.807) is 0 Å². The van der Waals surface area contributed by atoms with Crippen LogP contribution in [0.4, 0.5) is 6.01 Å². The highest BCUT2D eigenvalue weighted by Gasteiger charge is 2.32. The Morgan fingerprint density at radius 1 is 1.17 bits per heavy atom. The number of anilines is 1. The third kappa shape index (κ3) is 6.83. The van der Waals surface area contributed by atoms with Crippen molar-refractivity contribution in [2.45, 2.75) is 71.3 Å². The minimum absolute atomic E-state index is 0.0616. The van der Waals surface area contributed by atoms with Gasteiger partial charge in [0.25, 0.3) is 0 Å². The van der Waals surface area contributed by atoms with Gasteiger partial charge in [0.2, 0.25) is 12.2 Å². The van der Waals surface area contributed by atoms with Crippen molar-refractivity contribution in [2.75, 3.05) is 31.1 Å². The Bertz CT molecular complexity index is 1300. The largest absolute Gasteiger partial charge is 0.588 e. The van der Waals surface area contributed by atoms with Crippen molar-refractivity contribution in [1.29, 1.82) is 0 Å². The maximum Gasteiger partial charge on any atom is 0.324 e. The lowest BCUT2D eigenvalue weighted by molar-refractivity contribution is -0.138. The van der Waals surface area contributed by atoms with Crippen LogP contribution in [0.25, 0.3) is 0 Å². The van der Waals surface area contributed by atoms with Gasteiger partial charge in [0.05, 0.1) is 6.04 Å². The first kappa shape index (κ1) is 28.9. The summed E-state index contributed by atoms with van der Waals surface area (Å²) in [5.74, 6) is 1.97. The van der Waals surface area contributed by atoms with Crippen molar-refractivity contribution in [3.05, 3.63) is 89.5 Å². The Morgan fingerprint density at radius 3 is 2.68 bits per heavy atom. The molecule has 1 aromatic carbocycles. The van der Waals surface area contributed by atoms with E-state index in [2.05, 4.69) is 88.4 Å². The summed E-state index contributed by atoms with van der Waals surface area (Å²) in [4.78, 5) is 22.2. The summed E-state index contributed by atoms with van der Waals surface area (Å²) in [7, 11) is 0. The van der Waals surface area contributed by atoms with Crippen LogP contribution in [0, 0.1) is 11.8 Å². The molecule has 3 heterocycles. The second-order valence-corrected chi connectivity index (χ2v) is 11.9. The van der Waals surface area contributed by atoms with Crippen LogP contribution in [0.3, 0.4) is 0 Å². The fourth-order valence-electron chi connectivity index (χ4n) is 6.25. The third-order valence-electron chi connectivity index (χ3n) is 8.89. The van der Waals surface area contributed by atoms with Crippen molar-refractivity contribution in [1.82, 2.24) is 15.0 Å². The zero-order valence-corrected chi connectivity index (χ0v) is 24.8. The van der Waals surface area contributed by atoms with E-state index in [0.29, 0.717) is 17.8 Å². The summed E-state index contributed by atoms with van der Waals surface area (Å²) in [6, 6.07) is 9.32. The van der Waals surface area contributed by atoms with Gasteiger partial charge in [-0.15, -0.1) is 0 Å². The van der Waals surface area contributed by atoms with E-state index in [1.807, 2.05) is 18.4 Å². The average molecular weight is 558 g/mol. The highest BCUT2D eigenvalue weighted by Crippen LogP contribution is 2.35. The standard InChI is InChI=1S/C34H44N4O3/c1-5-27(10-8-22-40-23-26-16-19-37(20-17-26)34-35-32(24(2)3)36-41-34)28-12-14-30(15-13-28)33(39)38-21-18-29-9-6-7-11-31(29)25(38)4/h5-12,22,24-26,30H,1,13-21,23H2,2-4H3/p+1/b22-8+,27-10+. The predicted molar refractivity (Wildman–Crippen MR) is 164 cm³/mol. The molecule has 2 aromatic rings. The second-order valence-electron chi connectivity index (χ2n) is 11.9. The molecule has 1 aromatic heterocycles. The van der Waals surface area contributed by atoms with Crippen LogP contribution in [-0.4, -0.2) is 51.9 Å². The van der Waals surface area contributed by atoms with E-state index in [1.165, 1.54) is 16.7 Å². The molecule has 0 bridgehead atoms. The number of amides is 1. The Balaban J connectivity index is 1.06. The predicted octanol–water partition coefficient (Wildman–Crippen LogP) is 6.44. The number of carbonyl (C=O) groups is 1. The van der Waals surface area contributed by atoms with Gasteiger partial charge in [0.15, 0.2) is 12.4 Å². The topological polar surface area (TPSA) is 75.3 Å². The fraction of sp³-hybridized carbons (Fsp3) is 0.500. The maximum absolute atomic E-state index is 13.4. The number of rotatable bonds is 9. The van der Waals surface area contributed by atoms with Gasteiger partial charge in [-0.3, -0.25) is 4.79 Å². The number of carbonyl (C=O) groups excluding carboxylic acids is 1. The van der Waals surface area contributed by atoms with E-state index in [-0.39, 0.29) is 17.9 Å². The van der Waals surface area contributed by atoms with Gasteiger partial charge in [0.1, 0.15) is 0 Å². The Labute approximate surface area is 244 Å². The molecule has 1 aliphatic carbocycles. The minimum atomic E-state index is 0.0616. The van der Waals surface area contributed by atoms with Crippen molar-refractivity contribution in [3.8, 4) is 0 Å². The number of piperidine rings is 1. The first-order valence-corrected chi connectivity index (χ1v) is 15.3. The smallest absolute Gasteiger partial charge is 0.324 e. The zero-order valence-electron chi connectivity index (χ0n) is 24.8. The molecule has 2 unspecified atom stereocenters. The Kier molecular flexibility index (Phi) is 9.42. The first-order valence-electron chi connectivity index (χ1n) is 15.3. The summed E-state index contributed by atoms with van der Waals surface area (Å²) in [5, 5.41) is 4.09. The molecule has 218 valence electrons. The second kappa shape index (κ2) is 13.4. The summed E-state index contributed by atoms with van der Waals surface area (Å²) in [6.45, 7) is 13.8. The molecule has 0 spiro atoms. The molecule has 7 heteroatoms. The number of nitrogens with zero attached hydrogens (tertiary/aromatic N) is 4. The number of aliphatic hydroxyl groups is 2. The number of hydrogen-bond acceptors (Lipinski definition) is 5. The summed E-state index contributed by atoms with van der Waals surface area (Å²) in [5.41, 5.74) is 5.07. The number of allylic oxidation sites excluding steroid dienone is 6. The van der Waals surface area contributed by atoms with Gasteiger partial charge in [0, 0.05) is 43.5 Å². The SMILES string of the molecule is C=C/C(=C\C=C\[OH+]CC1CCN(c2nc(C(C)C)no2)CC1)C1=CCC(C(=O)N2CCc3ccccc3C2C)CC1. The fourth-order valence-corrected chi connectivity index (χ4v) is 6.25. The van der Waals surface area contributed by atoms with E-state index < -0.39 is 0 Å². The van der Waals surface area contributed by atoms with Crippen LogP contribution in [0.15, 0.2) is 77.1 Å². The van der Waals surface area contributed by atoms with Crippen LogP contribution < -0.4 is 4.90 Å². The highest BCUT2D eigenvalue weighted by molar-refractivity contribution is 5.80. The minimum Gasteiger partial charge on any atom is -0.588 e. The van der Waals surface area contributed by atoms with Crippen molar-refractivity contribution >= 4 is 11.9 Å². The van der Waals surface area contributed by atoms with Gasteiger partial charge in [-0.05, 0) is 73.8 Å². The lowest BCUT2D eigenvalue weighted by Crippen LogP contribution is -2.42. The van der Waals surface area contributed by atoms with E-state index in [9.17, 15) is 4.79 Å². The van der Waals surface area contributed by atoms with Gasteiger partial charge < -0.3 is 19.1 Å². The third-order valence-corrected chi connectivity index (χ3v) is 8.89.